The highest BCUT2D eigenvalue weighted by Crippen LogP contribution is 2.32. The number of nitrogens with zero attached hydrogens (tertiary/aromatic N) is 1. The highest BCUT2D eigenvalue weighted by atomic mass is 32.1. The molecule has 1 aliphatic heterocycles. The van der Waals surface area contributed by atoms with Crippen LogP contribution in [0.3, 0.4) is 0 Å². The molecule has 1 aliphatic rings. The van der Waals surface area contributed by atoms with Crippen LogP contribution in [0.2, 0.25) is 0 Å². The number of hydrogen-bond donors (Lipinski definition) is 2. The van der Waals surface area contributed by atoms with E-state index in [0.29, 0.717) is 23.5 Å². The Hall–Kier alpha value is -2.96. The van der Waals surface area contributed by atoms with Crippen LogP contribution in [-0.2, 0) is 11.2 Å². The van der Waals surface area contributed by atoms with E-state index in [1.165, 1.54) is 10.4 Å². The van der Waals surface area contributed by atoms with Gasteiger partial charge in [-0.05, 0) is 54.6 Å². The molecule has 1 aromatic heterocycles. The topological polar surface area (TPSA) is 61.4 Å². The first-order chi connectivity index (χ1) is 14.1. The van der Waals surface area contributed by atoms with Crippen molar-refractivity contribution < 1.29 is 9.59 Å². The minimum Gasteiger partial charge on any atom is -0.324 e. The quantitative estimate of drug-likeness (QED) is 0.654. The molecule has 5 nitrogen and oxygen atoms in total. The molecule has 0 fully saturated rings. The second kappa shape index (κ2) is 8.59. The van der Waals surface area contributed by atoms with Crippen molar-refractivity contribution in [3.63, 3.8) is 0 Å². The van der Waals surface area contributed by atoms with Gasteiger partial charge in [-0.1, -0.05) is 30.3 Å². The van der Waals surface area contributed by atoms with Gasteiger partial charge >= 0.3 is 0 Å². The van der Waals surface area contributed by atoms with E-state index in [4.69, 9.17) is 0 Å². The number of benzene rings is 2. The summed E-state index contributed by atoms with van der Waals surface area (Å²) >= 11 is 1.79. The van der Waals surface area contributed by atoms with Gasteiger partial charge in [0.15, 0.2) is 0 Å². The Morgan fingerprint density at radius 2 is 1.79 bits per heavy atom. The lowest BCUT2D eigenvalue weighted by Gasteiger charge is -2.33. The van der Waals surface area contributed by atoms with Crippen LogP contribution >= 0.6 is 11.3 Å². The summed E-state index contributed by atoms with van der Waals surface area (Å²) in [4.78, 5) is 29.0. The van der Waals surface area contributed by atoms with Crippen molar-refractivity contribution in [2.75, 3.05) is 23.7 Å². The predicted molar refractivity (Wildman–Crippen MR) is 117 cm³/mol. The van der Waals surface area contributed by atoms with Crippen molar-refractivity contribution >= 4 is 34.5 Å². The second-order valence-electron chi connectivity index (χ2n) is 7.11. The third kappa shape index (κ3) is 4.39. The summed E-state index contributed by atoms with van der Waals surface area (Å²) < 4.78 is 0. The Bertz CT molecular complexity index is 1020. The molecule has 0 bridgehead atoms. The Kier molecular flexibility index (Phi) is 5.74. The van der Waals surface area contributed by atoms with Gasteiger partial charge in [-0.25, -0.2) is 0 Å². The molecular weight excluding hydrogens is 382 g/mol. The van der Waals surface area contributed by atoms with E-state index in [0.717, 1.165) is 13.0 Å². The fourth-order valence-corrected chi connectivity index (χ4v) is 4.62. The van der Waals surface area contributed by atoms with E-state index < -0.39 is 0 Å². The lowest BCUT2D eigenvalue weighted by molar-refractivity contribution is -0.117. The minimum atomic E-state index is -0.249. The predicted octanol–water partition coefficient (Wildman–Crippen LogP) is 4.56. The summed E-state index contributed by atoms with van der Waals surface area (Å²) in [6.45, 7) is 3.29. The van der Waals surface area contributed by atoms with Crippen molar-refractivity contribution in [1.29, 1.82) is 0 Å². The van der Waals surface area contributed by atoms with Gasteiger partial charge in [0.25, 0.3) is 5.91 Å². The molecule has 0 aliphatic carbocycles. The fourth-order valence-electron chi connectivity index (χ4n) is 3.66. The summed E-state index contributed by atoms with van der Waals surface area (Å²) in [5.74, 6) is -0.364. The average Bonchev–Trinajstić information content (AvgIpc) is 3.21. The summed E-state index contributed by atoms with van der Waals surface area (Å²) in [5.41, 5.74) is 2.99. The van der Waals surface area contributed by atoms with Crippen LogP contribution in [0.1, 0.15) is 33.8 Å². The zero-order chi connectivity index (χ0) is 20.2. The molecule has 0 spiro atoms. The number of carbonyl (C=O) groups is 2. The van der Waals surface area contributed by atoms with E-state index in [1.807, 2.05) is 36.4 Å². The molecule has 4 rings (SSSR count). The lowest BCUT2D eigenvalue weighted by Crippen LogP contribution is -2.39. The van der Waals surface area contributed by atoms with E-state index in [-0.39, 0.29) is 17.9 Å². The Morgan fingerprint density at radius 3 is 2.62 bits per heavy atom. The molecule has 2 heterocycles. The molecule has 0 unspecified atom stereocenters. The van der Waals surface area contributed by atoms with E-state index in [9.17, 15) is 9.59 Å². The van der Waals surface area contributed by atoms with Crippen molar-refractivity contribution in [3.8, 4) is 0 Å². The highest BCUT2D eigenvalue weighted by molar-refractivity contribution is 7.10. The van der Waals surface area contributed by atoms with Gasteiger partial charge in [0.05, 0.1) is 17.8 Å². The Balaban J connectivity index is 1.43. The first-order valence-electron chi connectivity index (χ1n) is 9.67. The number of para-hydroxylation sites is 2. The average molecular weight is 406 g/mol. The number of thiophene rings is 1. The summed E-state index contributed by atoms with van der Waals surface area (Å²) in [5, 5.41) is 7.91. The number of hydrogen-bond acceptors (Lipinski definition) is 4. The van der Waals surface area contributed by atoms with Crippen LogP contribution in [0, 0.1) is 0 Å². The molecule has 3 aromatic rings. The van der Waals surface area contributed by atoms with Gasteiger partial charge in [-0.2, -0.15) is 0 Å². The van der Waals surface area contributed by atoms with Crippen LogP contribution < -0.4 is 10.6 Å². The number of carbonyl (C=O) groups excluding carboxylic acids is 2. The Morgan fingerprint density at radius 1 is 1.03 bits per heavy atom. The van der Waals surface area contributed by atoms with Gasteiger partial charge in [-0.15, -0.1) is 11.3 Å². The maximum atomic E-state index is 12.7. The van der Waals surface area contributed by atoms with Gasteiger partial charge < -0.3 is 10.6 Å². The second-order valence-corrected chi connectivity index (χ2v) is 8.11. The zero-order valence-corrected chi connectivity index (χ0v) is 17.0. The number of anilines is 2. The molecular formula is C23H23N3O2S. The maximum absolute atomic E-state index is 12.7. The van der Waals surface area contributed by atoms with Gasteiger partial charge in [-0.3, -0.25) is 14.5 Å². The van der Waals surface area contributed by atoms with Crippen LogP contribution in [0.25, 0.3) is 0 Å². The highest BCUT2D eigenvalue weighted by Gasteiger charge is 2.26. The van der Waals surface area contributed by atoms with Gasteiger partial charge in [0, 0.05) is 23.2 Å². The lowest BCUT2D eigenvalue weighted by atomic mass is 10.0. The third-order valence-corrected chi connectivity index (χ3v) is 6.22. The molecule has 2 N–H and O–H groups in total. The smallest absolute Gasteiger partial charge is 0.257 e. The van der Waals surface area contributed by atoms with Crippen LogP contribution in [-0.4, -0.2) is 29.8 Å². The monoisotopic (exact) mass is 405 g/mol. The maximum Gasteiger partial charge on any atom is 0.257 e. The molecule has 0 radical (unpaired) electrons. The van der Waals surface area contributed by atoms with Gasteiger partial charge in [0.1, 0.15) is 0 Å². The zero-order valence-electron chi connectivity index (χ0n) is 16.2. The molecule has 1 atom stereocenters. The molecule has 6 heteroatoms. The molecule has 0 saturated heterocycles. The molecule has 2 aromatic carbocycles. The number of amides is 2. The van der Waals surface area contributed by atoms with E-state index >= 15 is 0 Å². The van der Waals surface area contributed by atoms with E-state index in [1.54, 1.807) is 29.5 Å². The minimum absolute atomic E-state index is 0.115. The molecule has 2 amide bonds. The third-order valence-electron chi connectivity index (χ3n) is 5.23. The SMILES string of the molecule is C[C@H]1c2ccsc2CCN1CC(=O)Nc1ccccc1C(=O)Nc1ccccc1. The van der Waals surface area contributed by atoms with Crippen LogP contribution in [0.4, 0.5) is 11.4 Å². The van der Waals surface area contributed by atoms with Crippen molar-refractivity contribution in [2.45, 2.75) is 19.4 Å². The fraction of sp³-hybridized carbons (Fsp3) is 0.217. The van der Waals surface area contributed by atoms with Crippen molar-refractivity contribution in [3.05, 3.63) is 82.0 Å². The number of rotatable bonds is 5. The molecule has 148 valence electrons. The van der Waals surface area contributed by atoms with Crippen LogP contribution in [0.15, 0.2) is 66.0 Å². The van der Waals surface area contributed by atoms with Crippen molar-refractivity contribution in [1.82, 2.24) is 4.90 Å². The normalized spacial score (nSPS) is 16.1. The van der Waals surface area contributed by atoms with Crippen LogP contribution in [0.5, 0.6) is 0 Å². The standard InChI is InChI=1S/C23H23N3O2S/c1-16-18-12-14-29-21(18)11-13-26(16)15-22(27)25-20-10-6-5-9-19(20)23(28)24-17-7-3-2-4-8-17/h2-10,12,14,16H,11,13,15H2,1H3,(H,24,28)(H,25,27)/t16-/m0/s1. The Labute approximate surface area is 174 Å². The van der Waals surface area contributed by atoms with Gasteiger partial charge in [0.2, 0.25) is 5.91 Å². The number of nitrogens with one attached hydrogen (secondary N) is 2. The molecule has 29 heavy (non-hydrogen) atoms. The van der Waals surface area contributed by atoms with Crippen molar-refractivity contribution in [2.24, 2.45) is 0 Å². The first kappa shape index (κ1) is 19.4. The van der Waals surface area contributed by atoms with E-state index in [2.05, 4.69) is 33.9 Å². The summed E-state index contributed by atoms with van der Waals surface area (Å²) in [7, 11) is 0. The number of fused-ring (bicyclic) bond motifs is 1. The first-order valence-corrected chi connectivity index (χ1v) is 10.6. The largest absolute Gasteiger partial charge is 0.324 e. The summed E-state index contributed by atoms with van der Waals surface area (Å²) in [6.07, 6.45) is 0.973. The summed E-state index contributed by atoms with van der Waals surface area (Å²) in [6, 6.07) is 18.7. The molecule has 0 saturated carbocycles.